The van der Waals surface area contributed by atoms with Gasteiger partial charge in [-0.3, -0.25) is 4.79 Å². The Hall–Kier alpha value is -3.06. The number of aromatic carboxylic acids is 1. The third kappa shape index (κ3) is 4.57. The number of hydrogen-bond donors (Lipinski definition) is 2. The smallest absolute Gasteiger partial charge is 0.337 e. The fraction of sp³-hybridized carbons (Fsp3) is 0.150. The maximum absolute atomic E-state index is 12.3. The highest BCUT2D eigenvalue weighted by Gasteiger charge is 2.25. The Morgan fingerprint density at radius 1 is 1.22 bits per heavy atom. The summed E-state index contributed by atoms with van der Waals surface area (Å²) >= 11 is 1.16. The molecule has 1 heterocycles. The van der Waals surface area contributed by atoms with Crippen LogP contribution in [0.1, 0.15) is 29.3 Å². The molecule has 3 rings (SSSR count). The van der Waals surface area contributed by atoms with E-state index in [-0.39, 0.29) is 11.5 Å². The van der Waals surface area contributed by atoms with E-state index in [4.69, 9.17) is 4.74 Å². The number of thioether (sulfide) groups is 1. The van der Waals surface area contributed by atoms with Gasteiger partial charge in [0.15, 0.2) is 5.17 Å². The van der Waals surface area contributed by atoms with Crippen molar-refractivity contribution in [2.75, 3.05) is 6.61 Å². The molecule has 0 unspecified atom stereocenters. The molecule has 1 fully saturated rings. The minimum Gasteiger partial charge on any atom is -0.493 e. The highest BCUT2D eigenvalue weighted by atomic mass is 32.2. The Morgan fingerprint density at radius 3 is 2.74 bits per heavy atom. The first kappa shape index (κ1) is 18.7. The zero-order valence-corrected chi connectivity index (χ0v) is 15.5. The Balaban J connectivity index is 1.87. The first-order chi connectivity index (χ1) is 13.1. The highest BCUT2D eigenvalue weighted by molar-refractivity contribution is 8.18. The van der Waals surface area contributed by atoms with Gasteiger partial charge in [0.1, 0.15) is 5.75 Å². The van der Waals surface area contributed by atoms with Crippen LogP contribution in [0.5, 0.6) is 5.75 Å². The Bertz CT molecular complexity index is 937. The lowest BCUT2D eigenvalue weighted by Crippen LogP contribution is -2.19. The number of para-hydroxylation sites is 2. The number of nitrogens with zero attached hydrogens (tertiary/aromatic N) is 1. The number of ether oxygens (including phenoxy) is 1. The Morgan fingerprint density at radius 2 is 1.96 bits per heavy atom. The molecule has 0 bridgehead atoms. The molecule has 1 aliphatic heterocycles. The second-order valence-corrected chi connectivity index (χ2v) is 6.72. The molecular weight excluding hydrogens is 364 g/mol. The van der Waals surface area contributed by atoms with Crippen LogP contribution in [-0.4, -0.2) is 28.8 Å². The summed E-state index contributed by atoms with van der Waals surface area (Å²) in [6.07, 6.45) is 2.64. The van der Waals surface area contributed by atoms with Crippen molar-refractivity contribution in [2.45, 2.75) is 13.3 Å². The molecule has 6 nitrogen and oxygen atoms in total. The van der Waals surface area contributed by atoms with E-state index in [0.717, 1.165) is 23.7 Å². The number of aliphatic imine (C=N–C) groups is 1. The van der Waals surface area contributed by atoms with Gasteiger partial charge in [0.25, 0.3) is 5.91 Å². The summed E-state index contributed by atoms with van der Waals surface area (Å²) in [6, 6.07) is 13.9. The number of carboxylic acid groups (broad SMARTS) is 1. The zero-order chi connectivity index (χ0) is 19.2. The molecule has 1 amide bonds. The Labute approximate surface area is 161 Å². The van der Waals surface area contributed by atoms with Crippen molar-refractivity contribution in [3.63, 3.8) is 0 Å². The molecule has 0 aromatic heterocycles. The maximum Gasteiger partial charge on any atom is 0.337 e. The first-order valence-electron chi connectivity index (χ1n) is 8.42. The van der Waals surface area contributed by atoms with Gasteiger partial charge in [-0.2, -0.15) is 0 Å². The molecule has 0 saturated carbocycles. The average Bonchev–Trinajstić information content (AvgIpc) is 3.00. The van der Waals surface area contributed by atoms with Crippen molar-refractivity contribution >= 4 is 40.6 Å². The van der Waals surface area contributed by atoms with Crippen molar-refractivity contribution in [2.24, 2.45) is 4.99 Å². The van der Waals surface area contributed by atoms with Crippen molar-refractivity contribution < 1.29 is 19.4 Å². The van der Waals surface area contributed by atoms with Gasteiger partial charge in [-0.25, -0.2) is 9.79 Å². The van der Waals surface area contributed by atoms with Crippen LogP contribution in [0, 0.1) is 0 Å². The van der Waals surface area contributed by atoms with E-state index in [0.29, 0.717) is 28.1 Å². The molecule has 2 aromatic carbocycles. The van der Waals surface area contributed by atoms with E-state index in [1.807, 2.05) is 31.2 Å². The molecule has 27 heavy (non-hydrogen) atoms. The van der Waals surface area contributed by atoms with E-state index in [1.54, 1.807) is 24.3 Å². The third-order valence-corrected chi connectivity index (χ3v) is 4.58. The Kier molecular flexibility index (Phi) is 5.93. The lowest BCUT2D eigenvalue weighted by molar-refractivity contribution is -0.115. The van der Waals surface area contributed by atoms with Crippen LogP contribution in [0.4, 0.5) is 5.69 Å². The fourth-order valence-electron chi connectivity index (χ4n) is 2.43. The predicted molar refractivity (Wildman–Crippen MR) is 106 cm³/mol. The molecule has 2 aromatic rings. The van der Waals surface area contributed by atoms with E-state index >= 15 is 0 Å². The van der Waals surface area contributed by atoms with Gasteiger partial charge in [0.2, 0.25) is 0 Å². The number of amides is 1. The van der Waals surface area contributed by atoms with E-state index in [1.165, 1.54) is 6.07 Å². The van der Waals surface area contributed by atoms with Gasteiger partial charge in [0, 0.05) is 5.56 Å². The second-order valence-electron chi connectivity index (χ2n) is 5.69. The van der Waals surface area contributed by atoms with Crippen molar-refractivity contribution in [1.82, 2.24) is 5.32 Å². The van der Waals surface area contributed by atoms with Crippen LogP contribution in [0.25, 0.3) is 6.08 Å². The van der Waals surface area contributed by atoms with Crippen molar-refractivity contribution in [1.29, 1.82) is 0 Å². The number of nitrogens with one attached hydrogen (secondary N) is 1. The quantitative estimate of drug-likeness (QED) is 0.736. The summed E-state index contributed by atoms with van der Waals surface area (Å²) < 4.78 is 5.72. The molecule has 7 heteroatoms. The highest BCUT2D eigenvalue weighted by Crippen LogP contribution is 2.31. The molecule has 1 aliphatic rings. The molecule has 0 spiro atoms. The van der Waals surface area contributed by atoms with Crippen LogP contribution in [0.15, 0.2) is 58.4 Å². The summed E-state index contributed by atoms with van der Waals surface area (Å²) in [5, 5.41) is 12.3. The normalized spacial score (nSPS) is 16.6. The average molecular weight is 382 g/mol. The summed E-state index contributed by atoms with van der Waals surface area (Å²) in [5.74, 6) is -0.638. The molecule has 138 valence electrons. The third-order valence-electron chi connectivity index (χ3n) is 3.67. The molecule has 2 N–H and O–H groups in total. The fourth-order valence-corrected chi connectivity index (χ4v) is 3.25. The van der Waals surface area contributed by atoms with Crippen LogP contribution in [0.3, 0.4) is 0 Å². The molecule has 1 saturated heterocycles. The monoisotopic (exact) mass is 382 g/mol. The predicted octanol–water partition coefficient (Wildman–Crippen LogP) is 4.07. The first-order valence-corrected chi connectivity index (χ1v) is 9.24. The topological polar surface area (TPSA) is 88.0 Å². The lowest BCUT2D eigenvalue weighted by Gasteiger charge is -2.07. The largest absolute Gasteiger partial charge is 0.493 e. The summed E-state index contributed by atoms with van der Waals surface area (Å²) in [7, 11) is 0. The minimum absolute atomic E-state index is 0.0792. The number of amidine groups is 1. The summed E-state index contributed by atoms with van der Waals surface area (Å²) in [4.78, 5) is 28.3. The molecular formula is C20H18N2O4S. The number of carbonyl (C=O) groups excluding carboxylic acids is 1. The van der Waals surface area contributed by atoms with Gasteiger partial charge in [-0.05, 0) is 42.5 Å². The number of carboxylic acids is 1. The van der Waals surface area contributed by atoms with E-state index in [9.17, 15) is 14.7 Å². The second kappa shape index (κ2) is 8.55. The van der Waals surface area contributed by atoms with Crippen molar-refractivity contribution in [3.8, 4) is 5.75 Å². The van der Waals surface area contributed by atoms with Gasteiger partial charge in [-0.15, -0.1) is 0 Å². The van der Waals surface area contributed by atoms with Gasteiger partial charge < -0.3 is 15.2 Å². The molecule has 0 radical (unpaired) electrons. The number of hydrogen-bond acceptors (Lipinski definition) is 5. The molecule has 0 atom stereocenters. The van der Waals surface area contributed by atoms with Crippen LogP contribution >= 0.6 is 11.8 Å². The van der Waals surface area contributed by atoms with Crippen molar-refractivity contribution in [3.05, 3.63) is 64.6 Å². The van der Waals surface area contributed by atoms with Crippen LogP contribution in [0.2, 0.25) is 0 Å². The van der Waals surface area contributed by atoms with Gasteiger partial charge in [-0.1, -0.05) is 37.3 Å². The zero-order valence-electron chi connectivity index (χ0n) is 14.6. The van der Waals surface area contributed by atoms with E-state index < -0.39 is 5.97 Å². The minimum atomic E-state index is -1.07. The van der Waals surface area contributed by atoms with Crippen LogP contribution in [-0.2, 0) is 4.79 Å². The summed E-state index contributed by atoms with van der Waals surface area (Å²) in [5.41, 5.74) is 1.17. The van der Waals surface area contributed by atoms with Gasteiger partial charge in [0.05, 0.1) is 22.8 Å². The number of rotatable bonds is 6. The van der Waals surface area contributed by atoms with E-state index in [2.05, 4.69) is 10.3 Å². The maximum atomic E-state index is 12.3. The standard InChI is InChI=1S/C20H18N2O4S/c1-2-11-26-16-10-6-3-7-13(16)12-17-18(23)22-20(27-17)21-15-9-5-4-8-14(15)19(24)25/h3-10,12H,2,11H2,1H3,(H,24,25)(H,21,22,23)/b17-12-. The van der Waals surface area contributed by atoms with Crippen LogP contribution < -0.4 is 10.1 Å². The SMILES string of the molecule is CCCOc1ccccc1/C=C1\SC(=Nc2ccccc2C(=O)O)NC1=O. The number of carbonyl (C=O) groups is 2. The summed E-state index contributed by atoms with van der Waals surface area (Å²) in [6.45, 7) is 2.62. The van der Waals surface area contributed by atoms with Gasteiger partial charge >= 0.3 is 5.97 Å². The number of benzene rings is 2. The molecule has 0 aliphatic carbocycles. The lowest BCUT2D eigenvalue weighted by atomic mass is 10.2.